The third kappa shape index (κ3) is 3.73. The standard InChI is InChI=1S/C7H4N.ClH.Mg/c8-6-7-4-2-1-3-5-7;;/h1-2,4-5H;1H;/q-1;;+2/p-1. The van der Waals surface area contributed by atoms with E-state index in [1.165, 1.54) is 0 Å². The fourth-order valence-electron chi connectivity index (χ4n) is 0.463. The molecular formula is C7H4ClMgN. The van der Waals surface area contributed by atoms with E-state index in [9.17, 15) is 0 Å². The first-order valence-corrected chi connectivity index (χ1v) is 2.29. The Labute approximate surface area is 82.6 Å². The molecule has 0 amide bonds. The second-order valence-electron chi connectivity index (χ2n) is 1.40. The van der Waals surface area contributed by atoms with Gasteiger partial charge in [0.2, 0.25) is 0 Å². The molecule has 0 saturated carbocycles. The largest absolute Gasteiger partial charge is 2.00 e. The molecule has 0 aliphatic rings. The number of benzene rings is 1. The third-order valence-electron chi connectivity index (χ3n) is 0.836. The van der Waals surface area contributed by atoms with Crippen LogP contribution in [0.4, 0.5) is 0 Å². The Bertz CT molecular complexity index is 205. The Morgan fingerprint density at radius 3 is 2.50 bits per heavy atom. The maximum absolute atomic E-state index is 8.27. The normalized spacial score (nSPS) is 6.30. The van der Waals surface area contributed by atoms with Crippen molar-refractivity contribution >= 4 is 23.1 Å². The van der Waals surface area contributed by atoms with Gasteiger partial charge in [0.25, 0.3) is 0 Å². The van der Waals surface area contributed by atoms with Crippen molar-refractivity contribution in [2.75, 3.05) is 0 Å². The van der Waals surface area contributed by atoms with Crippen LogP contribution in [0.5, 0.6) is 0 Å². The topological polar surface area (TPSA) is 23.8 Å². The first-order valence-electron chi connectivity index (χ1n) is 2.29. The van der Waals surface area contributed by atoms with E-state index in [0.29, 0.717) is 5.56 Å². The van der Waals surface area contributed by atoms with Gasteiger partial charge >= 0.3 is 23.1 Å². The summed E-state index contributed by atoms with van der Waals surface area (Å²) in [5.41, 5.74) is 0.660. The molecule has 10 heavy (non-hydrogen) atoms. The Balaban J connectivity index is 0. The molecule has 0 atom stereocenters. The summed E-state index contributed by atoms with van der Waals surface area (Å²) in [6.07, 6.45) is 0. The van der Waals surface area contributed by atoms with Gasteiger partial charge in [-0.3, -0.25) is 0 Å². The van der Waals surface area contributed by atoms with Crippen LogP contribution in [0.3, 0.4) is 0 Å². The third-order valence-corrected chi connectivity index (χ3v) is 0.836. The maximum atomic E-state index is 8.27. The van der Waals surface area contributed by atoms with Gasteiger partial charge in [-0.1, -0.05) is 5.56 Å². The number of nitrogens with zero attached hydrogens (tertiary/aromatic N) is 1. The van der Waals surface area contributed by atoms with Crippen molar-refractivity contribution in [1.29, 1.82) is 5.26 Å². The van der Waals surface area contributed by atoms with Crippen molar-refractivity contribution in [3.63, 3.8) is 0 Å². The van der Waals surface area contributed by atoms with Crippen LogP contribution in [0.25, 0.3) is 0 Å². The van der Waals surface area contributed by atoms with Crippen LogP contribution in [-0.2, 0) is 0 Å². The summed E-state index contributed by atoms with van der Waals surface area (Å²) in [6.45, 7) is 0. The zero-order valence-electron chi connectivity index (χ0n) is 5.34. The summed E-state index contributed by atoms with van der Waals surface area (Å²) < 4.78 is 0. The molecule has 0 heterocycles. The zero-order valence-corrected chi connectivity index (χ0v) is 7.51. The van der Waals surface area contributed by atoms with Gasteiger partial charge in [-0.05, 0) is 0 Å². The molecule has 0 aliphatic carbocycles. The Hall–Kier alpha value is -0.234. The monoisotopic (exact) mass is 161 g/mol. The van der Waals surface area contributed by atoms with Gasteiger partial charge < -0.3 is 12.4 Å². The van der Waals surface area contributed by atoms with Crippen molar-refractivity contribution in [2.45, 2.75) is 0 Å². The Morgan fingerprint density at radius 1 is 1.50 bits per heavy atom. The number of halogens is 1. The van der Waals surface area contributed by atoms with E-state index in [1.807, 2.05) is 6.07 Å². The molecule has 1 aromatic rings. The summed E-state index contributed by atoms with van der Waals surface area (Å²) in [6, 6.07) is 11.7. The molecule has 1 nitrogen and oxygen atoms in total. The summed E-state index contributed by atoms with van der Waals surface area (Å²) >= 11 is 0. The van der Waals surface area contributed by atoms with E-state index in [0.717, 1.165) is 0 Å². The van der Waals surface area contributed by atoms with Crippen LogP contribution < -0.4 is 12.4 Å². The molecule has 0 unspecified atom stereocenters. The average Bonchev–Trinajstić information content (AvgIpc) is 1.90. The Kier molecular flexibility index (Phi) is 8.56. The summed E-state index contributed by atoms with van der Waals surface area (Å²) in [5, 5.41) is 8.27. The van der Waals surface area contributed by atoms with E-state index >= 15 is 0 Å². The molecule has 0 radical (unpaired) electrons. The molecular weight excluding hydrogens is 158 g/mol. The van der Waals surface area contributed by atoms with Crippen molar-refractivity contribution in [2.24, 2.45) is 0 Å². The smallest absolute Gasteiger partial charge is 1.00 e. The van der Waals surface area contributed by atoms with Gasteiger partial charge in [-0.15, -0.1) is 0 Å². The number of rotatable bonds is 0. The van der Waals surface area contributed by atoms with Gasteiger partial charge in [0.05, 0.1) is 0 Å². The fraction of sp³-hybridized carbons (Fsp3) is 0. The predicted octanol–water partition coefficient (Wildman–Crippen LogP) is -2.02. The molecule has 46 valence electrons. The van der Waals surface area contributed by atoms with Gasteiger partial charge in [-0.2, -0.15) is 30.3 Å². The first kappa shape index (κ1) is 12.4. The minimum Gasteiger partial charge on any atom is -1.00 e. The molecule has 3 heteroatoms. The predicted molar refractivity (Wildman–Crippen MR) is 35.7 cm³/mol. The molecule has 0 spiro atoms. The van der Waals surface area contributed by atoms with Crippen LogP contribution in [0.1, 0.15) is 5.56 Å². The fourth-order valence-corrected chi connectivity index (χ4v) is 0.463. The molecule has 1 rings (SSSR count). The summed E-state index contributed by atoms with van der Waals surface area (Å²) in [7, 11) is 0. The molecule has 0 bridgehead atoms. The molecule has 0 fully saturated rings. The number of hydrogen-bond donors (Lipinski definition) is 0. The van der Waals surface area contributed by atoms with Crippen LogP contribution in [0.2, 0.25) is 0 Å². The summed E-state index contributed by atoms with van der Waals surface area (Å²) in [5.74, 6) is 0. The van der Waals surface area contributed by atoms with E-state index in [1.54, 1.807) is 24.3 Å². The van der Waals surface area contributed by atoms with E-state index < -0.39 is 0 Å². The van der Waals surface area contributed by atoms with Gasteiger partial charge in [-0.25, -0.2) is 5.26 Å². The van der Waals surface area contributed by atoms with Crippen molar-refractivity contribution in [1.82, 2.24) is 0 Å². The quantitative estimate of drug-likeness (QED) is 0.319. The van der Waals surface area contributed by atoms with Gasteiger partial charge in [0.15, 0.2) is 0 Å². The van der Waals surface area contributed by atoms with Crippen LogP contribution in [0.15, 0.2) is 24.3 Å². The molecule has 0 saturated heterocycles. The number of nitriles is 1. The SMILES string of the molecule is N#Cc1c[c-]ccc1.[Cl-].[Mg+2]. The van der Waals surface area contributed by atoms with Gasteiger partial charge in [0, 0.05) is 6.07 Å². The van der Waals surface area contributed by atoms with Crippen LogP contribution in [0, 0.1) is 17.4 Å². The van der Waals surface area contributed by atoms with Gasteiger partial charge in [0.1, 0.15) is 0 Å². The minimum absolute atomic E-state index is 0. The maximum Gasteiger partial charge on any atom is 2.00 e. The van der Waals surface area contributed by atoms with Crippen LogP contribution in [-0.4, -0.2) is 23.1 Å². The van der Waals surface area contributed by atoms with E-state index in [2.05, 4.69) is 6.07 Å². The molecule has 0 aliphatic heterocycles. The average molecular weight is 162 g/mol. The number of hydrogen-bond acceptors (Lipinski definition) is 1. The molecule has 0 N–H and O–H groups in total. The van der Waals surface area contributed by atoms with Crippen molar-refractivity contribution < 1.29 is 12.4 Å². The summed E-state index contributed by atoms with van der Waals surface area (Å²) in [4.78, 5) is 0. The van der Waals surface area contributed by atoms with Crippen LogP contribution >= 0.6 is 0 Å². The second-order valence-corrected chi connectivity index (χ2v) is 1.40. The second kappa shape index (κ2) is 6.88. The Morgan fingerprint density at radius 2 is 2.20 bits per heavy atom. The van der Waals surface area contributed by atoms with Crippen molar-refractivity contribution in [3.8, 4) is 6.07 Å². The molecule has 0 aromatic heterocycles. The molecule has 1 aromatic carbocycles. The first-order chi connectivity index (χ1) is 3.93. The zero-order chi connectivity index (χ0) is 5.82. The van der Waals surface area contributed by atoms with Crippen molar-refractivity contribution in [3.05, 3.63) is 35.9 Å². The van der Waals surface area contributed by atoms with E-state index in [4.69, 9.17) is 5.26 Å². The van der Waals surface area contributed by atoms with E-state index in [-0.39, 0.29) is 35.5 Å². The minimum atomic E-state index is 0.